The van der Waals surface area contributed by atoms with Crippen molar-refractivity contribution >= 4 is 0 Å². The van der Waals surface area contributed by atoms with E-state index in [1.54, 1.807) is 6.92 Å². The summed E-state index contributed by atoms with van der Waals surface area (Å²) < 4.78 is 116. The zero-order valence-electron chi connectivity index (χ0n) is 17.0. The molecule has 0 spiro atoms. The molecule has 0 saturated carbocycles. The van der Waals surface area contributed by atoms with Crippen molar-refractivity contribution in [1.29, 1.82) is 0 Å². The molecular weight excluding hydrogens is 416 g/mol. The third-order valence-corrected chi connectivity index (χ3v) is 4.63. The van der Waals surface area contributed by atoms with Gasteiger partial charge in [-0.05, 0) is 40.0 Å². The van der Waals surface area contributed by atoms with Crippen molar-refractivity contribution in [2.24, 2.45) is 5.92 Å². The SMILES string of the molecule is CCC(C)C(O)OCCCCOC(C)=C(C(C)(F)C(F)(F)F)C(C)(F)C(F)(F)F. The van der Waals surface area contributed by atoms with Gasteiger partial charge in [-0.1, -0.05) is 13.8 Å². The molecule has 0 fully saturated rings. The van der Waals surface area contributed by atoms with Crippen LogP contribution in [0.15, 0.2) is 11.3 Å². The predicted molar refractivity (Wildman–Crippen MR) is 90.4 cm³/mol. The molecule has 0 aliphatic carbocycles. The van der Waals surface area contributed by atoms with Gasteiger partial charge >= 0.3 is 12.4 Å². The predicted octanol–water partition coefficient (Wildman–Crippen LogP) is 6.02. The van der Waals surface area contributed by atoms with E-state index in [0.717, 1.165) is 0 Å². The van der Waals surface area contributed by atoms with Gasteiger partial charge in [-0.25, -0.2) is 8.78 Å². The normalized spacial score (nSPS) is 19.1. The number of halogens is 8. The van der Waals surface area contributed by atoms with Crippen LogP contribution in [0.2, 0.25) is 0 Å². The van der Waals surface area contributed by atoms with Crippen molar-refractivity contribution in [3.63, 3.8) is 0 Å². The largest absolute Gasteiger partial charge is 0.498 e. The highest BCUT2D eigenvalue weighted by Crippen LogP contribution is 2.51. The molecule has 0 aromatic carbocycles. The van der Waals surface area contributed by atoms with Crippen LogP contribution in [0.4, 0.5) is 35.1 Å². The molecule has 3 nitrogen and oxygen atoms in total. The van der Waals surface area contributed by atoms with Gasteiger partial charge in [0.05, 0.1) is 17.9 Å². The van der Waals surface area contributed by atoms with E-state index in [1.165, 1.54) is 0 Å². The summed E-state index contributed by atoms with van der Waals surface area (Å²) >= 11 is 0. The quantitative estimate of drug-likeness (QED) is 0.183. The molecule has 0 aliphatic rings. The number of aliphatic hydroxyl groups excluding tert-OH is 1. The minimum atomic E-state index is -5.79. The number of alkyl halides is 8. The van der Waals surface area contributed by atoms with Crippen LogP contribution in [-0.2, 0) is 9.47 Å². The van der Waals surface area contributed by atoms with E-state index in [0.29, 0.717) is 13.3 Å². The summed E-state index contributed by atoms with van der Waals surface area (Å²) in [5.74, 6) is -1.25. The van der Waals surface area contributed by atoms with E-state index in [4.69, 9.17) is 9.47 Å². The molecule has 4 unspecified atom stereocenters. The minimum absolute atomic E-state index is 0.0667. The Labute approximate surface area is 165 Å². The van der Waals surface area contributed by atoms with Crippen LogP contribution in [0, 0.1) is 5.92 Å². The second kappa shape index (κ2) is 10.3. The second-order valence-electron chi connectivity index (χ2n) is 7.14. The van der Waals surface area contributed by atoms with Crippen LogP contribution >= 0.6 is 0 Å². The fourth-order valence-corrected chi connectivity index (χ4v) is 2.46. The van der Waals surface area contributed by atoms with Gasteiger partial charge in [-0.2, -0.15) is 26.3 Å². The summed E-state index contributed by atoms with van der Waals surface area (Å²) in [6.07, 6.45) is -11.5. The van der Waals surface area contributed by atoms with E-state index >= 15 is 0 Å². The molecular formula is C18H28F8O3. The van der Waals surface area contributed by atoms with Crippen LogP contribution in [0.3, 0.4) is 0 Å². The van der Waals surface area contributed by atoms with Gasteiger partial charge in [0, 0.05) is 12.5 Å². The molecule has 0 aromatic heterocycles. The molecule has 4 atom stereocenters. The van der Waals surface area contributed by atoms with Gasteiger partial charge in [0.25, 0.3) is 0 Å². The molecule has 0 bridgehead atoms. The summed E-state index contributed by atoms with van der Waals surface area (Å²) in [6, 6.07) is 0. The summed E-state index contributed by atoms with van der Waals surface area (Å²) in [7, 11) is 0. The number of allylic oxidation sites excluding steroid dienone is 2. The first-order chi connectivity index (χ1) is 12.9. The van der Waals surface area contributed by atoms with E-state index in [2.05, 4.69) is 0 Å². The molecule has 0 heterocycles. The van der Waals surface area contributed by atoms with Crippen molar-refractivity contribution in [3.8, 4) is 0 Å². The third-order valence-electron chi connectivity index (χ3n) is 4.63. The van der Waals surface area contributed by atoms with Crippen LogP contribution in [-0.4, -0.2) is 48.3 Å². The maximum atomic E-state index is 14.3. The first kappa shape index (κ1) is 27.9. The maximum Gasteiger partial charge on any atom is 0.426 e. The van der Waals surface area contributed by atoms with E-state index < -0.39 is 41.3 Å². The van der Waals surface area contributed by atoms with Gasteiger partial charge in [0.2, 0.25) is 11.3 Å². The molecule has 1 N–H and O–H groups in total. The Morgan fingerprint density at radius 2 is 1.28 bits per heavy atom. The lowest BCUT2D eigenvalue weighted by Crippen LogP contribution is -2.52. The zero-order chi connectivity index (χ0) is 23.3. The van der Waals surface area contributed by atoms with Gasteiger partial charge in [-0.3, -0.25) is 0 Å². The Hall–Kier alpha value is -1.10. The maximum absolute atomic E-state index is 14.3. The van der Waals surface area contributed by atoms with Crippen LogP contribution < -0.4 is 0 Å². The average Bonchev–Trinajstić information content (AvgIpc) is 2.54. The Morgan fingerprint density at radius 3 is 1.66 bits per heavy atom. The highest BCUT2D eigenvalue weighted by Gasteiger charge is 2.67. The van der Waals surface area contributed by atoms with E-state index in [9.17, 15) is 40.2 Å². The molecule has 29 heavy (non-hydrogen) atoms. The molecule has 0 aliphatic heterocycles. The van der Waals surface area contributed by atoms with Crippen LogP contribution in [0.5, 0.6) is 0 Å². The molecule has 0 rings (SSSR count). The highest BCUT2D eigenvalue weighted by molar-refractivity contribution is 5.32. The molecule has 0 aromatic rings. The van der Waals surface area contributed by atoms with Crippen molar-refractivity contribution in [3.05, 3.63) is 11.3 Å². The smallest absolute Gasteiger partial charge is 0.426 e. The number of unbranched alkanes of at least 4 members (excludes halogenated alkanes) is 1. The number of aliphatic hydroxyl groups is 1. The lowest BCUT2D eigenvalue weighted by atomic mass is 9.83. The minimum Gasteiger partial charge on any atom is -0.498 e. The molecule has 0 saturated heterocycles. The van der Waals surface area contributed by atoms with E-state index in [1.807, 2.05) is 6.92 Å². The number of rotatable bonds is 11. The van der Waals surface area contributed by atoms with Crippen molar-refractivity contribution in [2.75, 3.05) is 13.2 Å². The number of hydrogen-bond acceptors (Lipinski definition) is 3. The molecule has 0 amide bonds. The summed E-state index contributed by atoms with van der Waals surface area (Å²) in [6.45, 7) is 3.58. The Bertz CT molecular complexity index is 510. The van der Waals surface area contributed by atoms with Crippen LogP contribution in [0.1, 0.15) is 53.9 Å². The first-order valence-electron chi connectivity index (χ1n) is 9.06. The number of hydrogen-bond donors (Lipinski definition) is 1. The zero-order valence-corrected chi connectivity index (χ0v) is 17.0. The highest BCUT2D eigenvalue weighted by atomic mass is 19.4. The lowest BCUT2D eigenvalue weighted by molar-refractivity contribution is -0.245. The van der Waals surface area contributed by atoms with Crippen molar-refractivity contribution < 1.29 is 49.7 Å². The molecule has 0 radical (unpaired) electrons. The average molecular weight is 444 g/mol. The monoisotopic (exact) mass is 444 g/mol. The van der Waals surface area contributed by atoms with Crippen molar-refractivity contribution in [2.45, 2.75) is 83.9 Å². The standard InChI is InChI=1S/C18H28F8O3/c1-6-11(2)14(27)29-10-8-7-9-28-12(3)13(15(4,19)17(21,22)23)16(5,20)18(24,25)26/h11,14,27H,6-10H2,1-5H3. The first-order valence-corrected chi connectivity index (χ1v) is 9.06. The van der Waals surface area contributed by atoms with Gasteiger partial charge in [0.1, 0.15) is 0 Å². The Balaban J connectivity index is 5.24. The van der Waals surface area contributed by atoms with Crippen molar-refractivity contribution in [1.82, 2.24) is 0 Å². The Morgan fingerprint density at radius 1 is 0.862 bits per heavy atom. The Kier molecular flexibility index (Phi) is 9.89. The third kappa shape index (κ3) is 7.27. The fourth-order valence-electron chi connectivity index (χ4n) is 2.46. The molecule has 174 valence electrons. The van der Waals surface area contributed by atoms with Crippen LogP contribution in [0.25, 0.3) is 0 Å². The molecule has 11 heteroatoms. The van der Waals surface area contributed by atoms with Gasteiger partial charge in [0.15, 0.2) is 6.29 Å². The topological polar surface area (TPSA) is 38.7 Å². The lowest BCUT2D eigenvalue weighted by Gasteiger charge is -2.36. The number of ether oxygens (including phenoxy) is 2. The fraction of sp³-hybridized carbons (Fsp3) is 0.889. The second-order valence-corrected chi connectivity index (χ2v) is 7.14. The summed E-state index contributed by atoms with van der Waals surface area (Å²) in [5.41, 5.74) is -11.4. The summed E-state index contributed by atoms with van der Waals surface area (Å²) in [4.78, 5) is 0. The summed E-state index contributed by atoms with van der Waals surface area (Å²) in [5, 5.41) is 9.61. The van der Waals surface area contributed by atoms with Gasteiger partial charge in [-0.15, -0.1) is 0 Å². The van der Waals surface area contributed by atoms with Gasteiger partial charge < -0.3 is 14.6 Å². The van der Waals surface area contributed by atoms with E-state index in [-0.39, 0.29) is 45.8 Å².